The molecule has 2 spiro atoms. The summed E-state index contributed by atoms with van der Waals surface area (Å²) in [5.74, 6) is 0.617. The van der Waals surface area contributed by atoms with Crippen molar-refractivity contribution in [3.8, 4) is 0 Å². The highest BCUT2D eigenvalue weighted by atomic mass is 16.7. The van der Waals surface area contributed by atoms with E-state index >= 15 is 0 Å². The van der Waals surface area contributed by atoms with Gasteiger partial charge in [0.15, 0.2) is 5.60 Å². The number of rotatable bonds is 2. The van der Waals surface area contributed by atoms with E-state index in [-0.39, 0.29) is 41.5 Å². The molecule has 3 saturated heterocycles. The molecule has 7 rings (SSSR count). The van der Waals surface area contributed by atoms with Gasteiger partial charge in [-0.2, -0.15) is 0 Å². The maximum atomic E-state index is 12.1. The van der Waals surface area contributed by atoms with Crippen LogP contribution in [-0.2, 0) is 23.7 Å². The van der Waals surface area contributed by atoms with Gasteiger partial charge in [-0.15, -0.1) is 0 Å². The molecule has 1 N–H and O–H groups in total. The van der Waals surface area contributed by atoms with Gasteiger partial charge in [0.2, 0.25) is 0 Å². The van der Waals surface area contributed by atoms with Crippen molar-refractivity contribution in [3.05, 3.63) is 11.1 Å². The topological polar surface area (TPSA) is 84.1 Å². The van der Waals surface area contributed by atoms with Crippen molar-refractivity contribution in [2.75, 3.05) is 13.2 Å². The SMILES string of the molecule is C[C@@H](C1CC2OC23[C@@]2(C)CCC4=C(COC4=O)C2CC2O[C@@]23[C@@H]1O)[C@H]1CO1. The van der Waals surface area contributed by atoms with Crippen LogP contribution in [0.1, 0.15) is 39.5 Å². The monoisotopic (exact) mass is 374 g/mol. The van der Waals surface area contributed by atoms with Crippen molar-refractivity contribution in [1.82, 2.24) is 0 Å². The standard InChI is InChI=1S/C21H26O6/c1-9(14-8-24-14)11-5-16-21(27-16)19(2)4-3-10-12(7-25-18(10)23)13(19)6-15-20(21,26-15)17(11)22/h9,11,13-17,22H,3-8H2,1-2H3/t9-,11?,13?,14+,15?,16?,17+,19-,20+,21?/m0/s1. The highest BCUT2D eigenvalue weighted by molar-refractivity contribution is 5.92. The molecule has 2 saturated carbocycles. The van der Waals surface area contributed by atoms with E-state index in [1.807, 2.05) is 0 Å². The number of fused-ring (bicyclic) bond motifs is 2. The normalized spacial score (nSPS) is 60.3. The van der Waals surface area contributed by atoms with Gasteiger partial charge in [0.25, 0.3) is 0 Å². The van der Waals surface area contributed by atoms with Crippen molar-refractivity contribution in [2.45, 2.75) is 75.1 Å². The molecule has 10 atom stereocenters. The summed E-state index contributed by atoms with van der Waals surface area (Å²) in [4.78, 5) is 12.1. The lowest BCUT2D eigenvalue weighted by atomic mass is 9.46. The van der Waals surface area contributed by atoms with Gasteiger partial charge in [-0.25, -0.2) is 4.79 Å². The van der Waals surface area contributed by atoms with E-state index in [0.717, 1.165) is 37.9 Å². The van der Waals surface area contributed by atoms with Crippen LogP contribution < -0.4 is 0 Å². The van der Waals surface area contributed by atoms with E-state index in [9.17, 15) is 9.90 Å². The number of carbonyl (C=O) groups is 1. The lowest BCUT2D eigenvalue weighted by Crippen LogP contribution is -2.66. The largest absolute Gasteiger partial charge is 0.458 e. The first-order valence-corrected chi connectivity index (χ1v) is 10.5. The first-order chi connectivity index (χ1) is 12.9. The number of aliphatic hydroxyl groups is 1. The first kappa shape index (κ1) is 15.9. The Hall–Kier alpha value is -0.950. The van der Waals surface area contributed by atoms with Crippen LogP contribution in [0.15, 0.2) is 11.1 Å². The molecule has 4 aliphatic heterocycles. The third kappa shape index (κ3) is 1.54. The van der Waals surface area contributed by atoms with Gasteiger partial charge in [0.05, 0.1) is 31.0 Å². The summed E-state index contributed by atoms with van der Waals surface area (Å²) in [7, 11) is 0. The summed E-state index contributed by atoms with van der Waals surface area (Å²) in [6.07, 6.45) is 3.34. The van der Waals surface area contributed by atoms with Crippen molar-refractivity contribution in [3.63, 3.8) is 0 Å². The molecule has 0 aromatic rings. The van der Waals surface area contributed by atoms with E-state index in [1.165, 1.54) is 5.57 Å². The molecule has 0 aromatic heterocycles. The molecule has 5 unspecified atom stereocenters. The number of hydrogen-bond acceptors (Lipinski definition) is 6. The molecule has 0 amide bonds. The van der Waals surface area contributed by atoms with Crippen LogP contribution in [0.4, 0.5) is 0 Å². The molecule has 5 fully saturated rings. The molecule has 27 heavy (non-hydrogen) atoms. The Labute approximate surface area is 158 Å². The van der Waals surface area contributed by atoms with Crippen LogP contribution in [0.2, 0.25) is 0 Å². The van der Waals surface area contributed by atoms with Crippen molar-refractivity contribution < 1.29 is 28.8 Å². The van der Waals surface area contributed by atoms with Crippen molar-refractivity contribution in [1.29, 1.82) is 0 Å². The Kier molecular flexibility index (Phi) is 2.62. The summed E-state index contributed by atoms with van der Waals surface area (Å²) in [6, 6.07) is 0. The van der Waals surface area contributed by atoms with E-state index in [4.69, 9.17) is 18.9 Å². The van der Waals surface area contributed by atoms with E-state index in [0.29, 0.717) is 12.5 Å². The summed E-state index contributed by atoms with van der Waals surface area (Å²) < 4.78 is 23.8. The molecule has 7 aliphatic rings. The number of hydrogen-bond donors (Lipinski definition) is 1. The smallest absolute Gasteiger partial charge is 0.334 e. The minimum atomic E-state index is -0.559. The highest BCUT2D eigenvalue weighted by Crippen LogP contribution is 2.79. The fraction of sp³-hybridized carbons (Fsp3) is 0.857. The van der Waals surface area contributed by atoms with E-state index < -0.39 is 17.3 Å². The minimum absolute atomic E-state index is 0.0215. The molecule has 6 heteroatoms. The molecule has 0 radical (unpaired) electrons. The lowest BCUT2D eigenvalue weighted by Gasteiger charge is -2.54. The number of cyclic esters (lactones) is 1. The zero-order valence-electron chi connectivity index (χ0n) is 15.8. The van der Waals surface area contributed by atoms with E-state index in [2.05, 4.69) is 13.8 Å². The predicted octanol–water partition coefficient (Wildman–Crippen LogP) is 1.35. The Morgan fingerprint density at radius 3 is 2.81 bits per heavy atom. The third-order valence-electron chi connectivity index (χ3n) is 9.39. The van der Waals surface area contributed by atoms with Gasteiger partial charge in [-0.05, 0) is 49.0 Å². The third-order valence-corrected chi connectivity index (χ3v) is 9.39. The zero-order chi connectivity index (χ0) is 18.3. The fourth-order valence-electron chi connectivity index (χ4n) is 7.79. The summed E-state index contributed by atoms with van der Waals surface area (Å²) >= 11 is 0. The summed E-state index contributed by atoms with van der Waals surface area (Å²) in [5, 5.41) is 11.5. The number of carbonyl (C=O) groups excluding carboxylic acids is 1. The van der Waals surface area contributed by atoms with Crippen LogP contribution in [0.3, 0.4) is 0 Å². The fourth-order valence-corrected chi connectivity index (χ4v) is 7.79. The molecule has 6 nitrogen and oxygen atoms in total. The second kappa shape index (κ2) is 4.45. The van der Waals surface area contributed by atoms with Crippen LogP contribution in [0.5, 0.6) is 0 Å². The lowest BCUT2D eigenvalue weighted by molar-refractivity contribution is -0.136. The predicted molar refractivity (Wildman–Crippen MR) is 91.7 cm³/mol. The second-order valence-corrected chi connectivity index (χ2v) is 10.1. The van der Waals surface area contributed by atoms with Crippen molar-refractivity contribution >= 4 is 5.97 Å². The molecule has 4 heterocycles. The summed E-state index contributed by atoms with van der Waals surface area (Å²) in [6.45, 7) is 5.74. The van der Waals surface area contributed by atoms with Crippen molar-refractivity contribution in [2.24, 2.45) is 23.2 Å². The Morgan fingerprint density at radius 1 is 1.22 bits per heavy atom. The highest BCUT2D eigenvalue weighted by Gasteiger charge is 2.93. The zero-order valence-corrected chi connectivity index (χ0v) is 15.8. The minimum Gasteiger partial charge on any atom is -0.458 e. The molecule has 0 aromatic carbocycles. The van der Waals surface area contributed by atoms with Crippen LogP contribution in [0.25, 0.3) is 0 Å². The van der Waals surface area contributed by atoms with Crippen LogP contribution in [-0.4, -0.2) is 59.9 Å². The molecule has 0 bridgehead atoms. The van der Waals surface area contributed by atoms with Gasteiger partial charge in [-0.1, -0.05) is 13.8 Å². The molecular formula is C21H26O6. The van der Waals surface area contributed by atoms with Gasteiger partial charge >= 0.3 is 5.97 Å². The van der Waals surface area contributed by atoms with Gasteiger partial charge in [-0.3, -0.25) is 0 Å². The van der Waals surface area contributed by atoms with Gasteiger partial charge in [0.1, 0.15) is 12.2 Å². The number of ether oxygens (including phenoxy) is 4. The average Bonchev–Trinajstić information content (AvgIpc) is 3.53. The van der Waals surface area contributed by atoms with Crippen LogP contribution in [0, 0.1) is 23.2 Å². The number of esters is 1. The first-order valence-electron chi connectivity index (χ1n) is 10.5. The number of aliphatic hydroxyl groups excluding tert-OH is 1. The number of epoxide rings is 3. The second-order valence-electron chi connectivity index (χ2n) is 10.1. The molecule has 146 valence electrons. The quantitative estimate of drug-likeness (QED) is 0.580. The molecule has 3 aliphatic carbocycles. The average molecular weight is 374 g/mol. The maximum absolute atomic E-state index is 12.1. The molecular weight excluding hydrogens is 348 g/mol. The Bertz CT molecular complexity index is 802. The van der Waals surface area contributed by atoms with Gasteiger partial charge in [0, 0.05) is 11.0 Å². The van der Waals surface area contributed by atoms with Crippen LogP contribution >= 0.6 is 0 Å². The Morgan fingerprint density at radius 2 is 2.04 bits per heavy atom. The Balaban J connectivity index is 1.30. The van der Waals surface area contributed by atoms with E-state index in [1.54, 1.807) is 0 Å². The maximum Gasteiger partial charge on any atom is 0.334 e. The van der Waals surface area contributed by atoms with Gasteiger partial charge < -0.3 is 24.1 Å². The summed E-state index contributed by atoms with van der Waals surface area (Å²) in [5.41, 5.74) is 1.00.